The molecule has 0 aromatic rings. The zero-order valence-corrected chi connectivity index (χ0v) is 18.1. The van der Waals surface area contributed by atoms with Crippen molar-refractivity contribution in [1.82, 2.24) is 9.80 Å². The Bertz CT molecular complexity index is 491. The van der Waals surface area contributed by atoms with E-state index in [1.807, 2.05) is 0 Å². The summed E-state index contributed by atoms with van der Waals surface area (Å²) in [4.78, 5) is 6.04. The van der Waals surface area contributed by atoms with E-state index in [-0.39, 0.29) is 0 Å². The Morgan fingerprint density at radius 1 is 0.885 bits per heavy atom. The fourth-order valence-corrected chi connectivity index (χ4v) is 8.27. The van der Waals surface area contributed by atoms with E-state index in [2.05, 4.69) is 37.5 Å². The molecule has 2 heteroatoms. The second kappa shape index (κ2) is 7.39. The minimum Gasteiger partial charge on any atom is -0.299 e. The van der Waals surface area contributed by atoms with Crippen molar-refractivity contribution in [3.05, 3.63) is 0 Å². The number of hydrogen-bond donors (Lipinski definition) is 0. The monoisotopic (exact) mass is 360 g/mol. The van der Waals surface area contributed by atoms with Crippen molar-refractivity contribution < 1.29 is 0 Å². The van der Waals surface area contributed by atoms with Crippen molar-refractivity contribution in [2.45, 2.75) is 116 Å². The maximum atomic E-state index is 3.05. The molecule has 0 amide bonds. The largest absolute Gasteiger partial charge is 0.299 e. The lowest BCUT2D eigenvalue weighted by Crippen LogP contribution is -2.85. The Hall–Kier alpha value is -0.0800. The van der Waals surface area contributed by atoms with E-state index in [1.54, 1.807) is 0 Å². The minimum absolute atomic E-state index is 0.556. The van der Waals surface area contributed by atoms with Gasteiger partial charge in [0.1, 0.15) is 0 Å². The van der Waals surface area contributed by atoms with Gasteiger partial charge in [0, 0.05) is 24.7 Å². The van der Waals surface area contributed by atoms with E-state index in [4.69, 9.17) is 0 Å². The van der Waals surface area contributed by atoms with Crippen LogP contribution in [-0.2, 0) is 0 Å². The van der Waals surface area contributed by atoms with E-state index >= 15 is 0 Å². The summed E-state index contributed by atoms with van der Waals surface area (Å²) in [7, 11) is 0. The van der Waals surface area contributed by atoms with Gasteiger partial charge in [-0.05, 0) is 61.9 Å². The molecule has 5 heterocycles. The maximum Gasteiger partial charge on any atom is 0.0233 e. The lowest BCUT2D eigenvalue weighted by Gasteiger charge is -2.79. The molecule has 7 fully saturated rings. The van der Waals surface area contributed by atoms with Crippen molar-refractivity contribution in [3.8, 4) is 0 Å². The molecule has 0 aromatic carbocycles. The van der Waals surface area contributed by atoms with Gasteiger partial charge in [-0.15, -0.1) is 0 Å². The molecule has 5 aliphatic heterocycles. The first-order valence-corrected chi connectivity index (χ1v) is 12.0. The van der Waals surface area contributed by atoms with Crippen molar-refractivity contribution >= 4 is 0 Å². The Morgan fingerprint density at radius 2 is 1.58 bits per heavy atom. The first kappa shape index (κ1) is 19.2. The summed E-state index contributed by atoms with van der Waals surface area (Å²) in [5.74, 6) is 0.967. The quantitative estimate of drug-likeness (QED) is 0.460. The van der Waals surface area contributed by atoms with Crippen molar-refractivity contribution in [2.75, 3.05) is 19.6 Å². The molecule has 0 N–H and O–H groups in total. The third kappa shape index (κ3) is 2.89. The van der Waals surface area contributed by atoms with Crippen LogP contribution in [0.2, 0.25) is 0 Å². The molecule has 7 aliphatic rings. The number of hydrogen-bond acceptors (Lipinski definition) is 2. The van der Waals surface area contributed by atoms with Crippen molar-refractivity contribution in [1.29, 1.82) is 0 Å². The van der Waals surface area contributed by atoms with Gasteiger partial charge in [-0.1, -0.05) is 66.2 Å². The molecule has 2 aliphatic carbocycles. The fourth-order valence-electron chi connectivity index (χ4n) is 8.27. The standard InChI is InChI=1S/C24H44N2/c1-5-7-9-11-15-25-18-23(3)17-19-20-13-14-24(4,21(19)25)22(23)26(20)16-12-10-8-6-2/h19-22H,5-18H2,1-4H3. The van der Waals surface area contributed by atoms with E-state index in [1.165, 1.54) is 90.3 Å². The summed E-state index contributed by atoms with van der Waals surface area (Å²) in [5.41, 5.74) is 1.13. The molecule has 7 rings (SSSR count). The second-order valence-electron chi connectivity index (χ2n) is 10.8. The van der Waals surface area contributed by atoms with Crippen molar-refractivity contribution in [2.24, 2.45) is 16.7 Å². The van der Waals surface area contributed by atoms with Crippen molar-refractivity contribution in [3.63, 3.8) is 0 Å². The highest BCUT2D eigenvalue weighted by Gasteiger charge is 2.72. The lowest BCUT2D eigenvalue weighted by molar-refractivity contribution is -0.286. The summed E-state index contributed by atoms with van der Waals surface area (Å²) in [5, 5.41) is 0. The third-order valence-electron chi connectivity index (χ3n) is 8.83. The molecule has 0 spiro atoms. The first-order chi connectivity index (χ1) is 12.5. The third-order valence-corrected chi connectivity index (χ3v) is 8.83. The molecule has 0 aromatic heterocycles. The minimum atomic E-state index is 0.556. The average molecular weight is 361 g/mol. The molecular formula is C24H44N2. The Balaban J connectivity index is 1.48. The summed E-state index contributed by atoms with van der Waals surface area (Å²) < 4.78 is 0. The smallest absolute Gasteiger partial charge is 0.0233 e. The maximum absolute atomic E-state index is 3.05. The van der Waals surface area contributed by atoms with E-state index in [0.29, 0.717) is 10.8 Å². The van der Waals surface area contributed by atoms with Gasteiger partial charge in [0.25, 0.3) is 0 Å². The molecule has 6 unspecified atom stereocenters. The van der Waals surface area contributed by atoms with Crippen LogP contribution < -0.4 is 0 Å². The van der Waals surface area contributed by atoms with E-state index < -0.39 is 0 Å². The van der Waals surface area contributed by atoms with E-state index in [0.717, 1.165) is 24.0 Å². The topological polar surface area (TPSA) is 6.48 Å². The molecule has 5 saturated heterocycles. The predicted molar refractivity (Wildman–Crippen MR) is 111 cm³/mol. The van der Waals surface area contributed by atoms with Crippen LogP contribution in [0.3, 0.4) is 0 Å². The zero-order valence-electron chi connectivity index (χ0n) is 18.1. The number of unbranched alkanes of at least 4 members (excludes halogenated alkanes) is 6. The van der Waals surface area contributed by atoms with Crippen LogP contribution in [0.15, 0.2) is 0 Å². The SMILES string of the molecule is CCCCCCN1CC2(C)CC3C4CCC(C)(C31)C2N4CCCCCC. The number of rotatable bonds is 10. The molecule has 26 heavy (non-hydrogen) atoms. The predicted octanol–water partition coefficient (Wildman–Crippen LogP) is 5.71. The highest BCUT2D eigenvalue weighted by Crippen LogP contribution is 2.68. The molecule has 0 radical (unpaired) electrons. The molecular weight excluding hydrogens is 316 g/mol. The second-order valence-corrected chi connectivity index (χ2v) is 10.8. The molecule has 2 saturated carbocycles. The lowest BCUT2D eigenvalue weighted by atomic mass is 9.41. The summed E-state index contributed by atoms with van der Waals surface area (Å²) in [6, 6.07) is 2.69. The first-order valence-electron chi connectivity index (χ1n) is 12.0. The van der Waals surface area contributed by atoms with Gasteiger partial charge < -0.3 is 0 Å². The van der Waals surface area contributed by atoms with Gasteiger partial charge >= 0.3 is 0 Å². The normalized spacial score (nSPS) is 44.3. The van der Waals surface area contributed by atoms with Gasteiger partial charge in [0.05, 0.1) is 0 Å². The van der Waals surface area contributed by atoms with Gasteiger partial charge in [-0.25, -0.2) is 0 Å². The van der Waals surface area contributed by atoms with Gasteiger partial charge in [0.15, 0.2) is 0 Å². The van der Waals surface area contributed by atoms with Crippen LogP contribution >= 0.6 is 0 Å². The Morgan fingerprint density at radius 3 is 2.23 bits per heavy atom. The molecule has 6 atom stereocenters. The molecule has 2 nitrogen and oxygen atoms in total. The average Bonchev–Trinajstić information content (AvgIpc) is 2.61. The van der Waals surface area contributed by atoms with Crippen LogP contribution in [-0.4, -0.2) is 47.6 Å². The van der Waals surface area contributed by atoms with Crippen LogP contribution in [0.4, 0.5) is 0 Å². The van der Waals surface area contributed by atoms with E-state index in [9.17, 15) is 0 Å². The highest BCUT2D eigenvalue weighted by molar-refractivity contribution is 5.26. The van der Waals surface area contributed by atoms with Gasteiger partial charge in [-0.2, -0.15) is 0 Å². The highest BCUT2D eigenvalue weighted by atomic mass is 15.3. The number of piperidine rings is 5. The summed E-state index contributed by atoms with van der Waals surface area (Å²) in [6.07, 6.45) is 15.8. The Labute approximate surface area is 163 Å². The van der Waals surface area contributed by atoms with Crippen LogP contribution in [0, 0.1) is 16.7 Å². The van der Waals surface area contributed by atoms with Crippen LogP contribution in [0.25, 0.3) is 0 Å². The number of nitrogens with zero attached hydrogens (tertiary/aromatic N) is 2. The number of fused-ring (bicyclic) bond motifs is 2. The summed E-state index contributed by atoms with van der Waals surface area (Å²) >= 11 is 0. The molecule has 150 valence electrons. The van der Waals surface area contributed by atoms with Gasteiger partial charge in [0.2, 0.25) is 0 Å². The zero-order chi connectivity index (χ0) is 18.4. The molecule has 6 bridgehead atoms. The Kier molecular flexibility index (Phi) is 5.47. The van der Waals surface area contributed by atoms with Gasteiger partial charge in [-0.3, -0.25) is 9.80 Å². The summed E-state index contributed by atoms with van der Waals surface area (Å²) in [6.45, 7) is 14.2. The fraction of sp³-hybridized carbons (Fsp3) is 1.00. The van der Waals surface area contributed by atoms with Crippen LogP contribution in [0.5, 0.6) is 0 Å². The van der Waals surface area contributed by atoms with Crippen LogP contribution in [0.1, 0.15) is 98.3 Å².